The molecule has 0 saturated carbocycles. The van der Waals surface area contributed by atoms with E-state index >= 15 is 0 Å². The van der Waals surface area contributed by atoms with Gasteiger partial charge in [-0.15, -0.1) is 0 Å². The van der Waals surface area contributed by atoms with Gasteiger partial charge in [0.25, 0.3) is 5.56 Å². The van der Waals surface area contributed by atoms with E-state index in [-0.39, 0.29) is 16.1 Å². The molecular formula is C17H13Br2Cl2N3O3. The summed E-state index contributed by atoms with van der Waals surface area (Å²) in [5.74, 6) is 0.0460. The number of carbonyl (C=O) groups excluding carboxylic acids is 1. The smallest absolute Gasteiger partial charge is 0.341 e. The number of nitrogen functional groups attached to an aromatic ring is 1. The summed E-state index contributed by atoms with van der Waals surface area (Å²) in [7, 11) is 1.28. The van der Waals surface area contributed by atoms with Gasteiger partial charge in [0.15, 0.2) is 0 Å². The highest BCUT2D eigenvalue weighted by Crippen LogP contribution is 2.30. The van der Waals surface area contributed by atoms with Crippen LogP contribution in [0.3, 0.4) is 0 Å². The third-order valence-corrected chi connectivity index (χ3v) is 5.96. The lowest BCUT2D eigenvalue weighted by atomic mass is 10.2. The van der Waals surface area contributed by atoms with Crippen LogP contribution in [0.4, 0.5) is 5.69 Å². The van der Waals surface area contributed by atoms with Gasteiger partial charge in [0.2, 0.25) is 0 Å². The van der Waals surface area contributed by atoms with Crippen molar-refractivity contribution in [3.8, 4) is 0 Å². The Morgan fingerprint density at radius 1 is 1.15 bits per heavy atom. The van der Waals surface area contributed by atoms with Crippen LogP contribution in [-0.2, 0) is 4.74 Å². The number of rotatable bonds is 1. The molecule has 0 aliphatic rings. The molecule has 0 aliphatic heterocycles. The number of hydrogen-bond donors (Lipinski definition) is 2. The Hall–Kier alpha value is -1.61. The van der Waals surface area contributed by atoms with E-state index in [4.69, 9.17) is 28.9 Å². The second-order valence-electron chi connectivity index (χ2n) is 5.22. The summed E-state index contributed by atoms with van der Waals surface area (Å²) < 4.78 is 5.84. The van der Waals surface area contributed by atoms with Gasteiger partial charge in [-0.1, -0.05) is 23.2 Å². The second-order valence-corrected chi connectivity index (χ2v) is 7.69. The van der Waals surface area contributed by atoms with Crippen molar-refractivity contribution in [3.05, 3.63) is 65.0 Å². The molecule has 0 radical (unpaired) electrons. The fraction of sp³-hybridized carbons (Fsp3) is 0.118. The van der Waals surface area contributed by atoms with Gasteiger partial charge in [-0.3, -0.25) is 4.79 Å². The third-order valence-electron chi connectivity index (χ3n) is 3.40. The topological polar surface area (TPSA) is 98.1 Å². The number of nitrogens with zero attached hydrogens (tertiary/aromatic N) is 1. The number of aryl methyl sites for hydroxylation is 1. The molecule has 0 amide bonds. The second kappa shape index (κ2) is 9.05. The Balaban J connectivity index is 0.000000194. The molecule has 2 aromatic carbocycles. The first-order chi connectivity index (χ1) is 12.7. The Morgan fingerprint density at radius 2 is 1.74 bits per heavy atom. The van der Waals surface area contributed by atoms with Crippen molar-refractivity contribution in [2.24, 2.45) is 0 Å². The minimum absolute atomic E-state index is 0.193. The van der Waals surface area contributed by atoms with Crippen LogP contribution in [0.5, 0.6) is 0 Å². The Labute approximate surface area is 181 Å². The van der Waals surface area contributed by atoms with E-state index in [0.717, 1.165) is 0 Å². The van der Waals surface area contributed by atoms with E-state index < -0.39 is 5.97 Å². The number of aromatic nitrogens is 2. The average molecular weight is 538 g/mol. The summed E-state index contributed by atoms with van der Waals surface area (Å²) in [6.45, 7) is 1.73. The van der Waals surface area contributed by atoms with Crippen molar-refractivity contribution in [2.75, 3.05) is 12.8 Å². The van der Waals surface area contributed by atoms with Crippen molar-refractivity contribution in [3.63, 3.8) is 0 Å². The SMILES string of the molecule is COC(=O)c1c(N)ccc(Br)c1Cl.Cc1nc2ccc(Br)c(Cl)c2c(=O)[nH]1. The highest BCUT2D eigenvalue weighted by Gasteiger charge is 2.16. The van der Waals surface area contributed by atoms with Crippen LogP contribution in [-0.4, -0.2) is 23.0 Å². The molecule has 3 N–H and O–H groups in total. The van der Waals surface area contributed by atoms with Crippen molar-refractivity contribution in [1.82, 2.24) is 9.97 Å². The summed E-state index contributed by atoms with van der Waals surface area (Å²) in [5, 5.41) is 1.09. The number of halogens is 4. The Morgan fingerprint density at radius 3 is 2.37 bits per heavy atom. The zero-order chi connectivity index (χ0) is 20.3. The molecule has 10 heteroatoms. The number of benzene rings is 2. The first-order valence-electron chi connectivity index (χ1n) is 7.33. The number of hydrogen-bond acceptors (Lipinski definition) is 5. The number of nitrogens with one attached hydrogen (secondary N) is 1. The van der Waals surface area contributed by atoms with Gasteiger partial charge in [-0.25, -0.2) is 9.78 Å². The fourth-order valence-corrected chi connectivity index (χ4v) is 3.32. The zero-order valence-corrected chi connectivity index (χ0v) is 18.8. The van der Waals surface area contributed by atoms with E-state index in [1.807, 2.05) is 0 Å². The van der Waals surface area contributed by atoms with Crippen LogP contribution >= 0.6 is 55.1 Å². The third kappa shape index (κ3) is 4.82. The number of aromatic amines is 1. The summed E-state index contributed by atoms with van der Waals surface area (Å²) in [5.41, 5.74) is 6.46. The molecule has 0 bridgehead atoms. The van der Waals surface area contributed by atoms with Gasteiger partial charge >= 0.3 is 5.97 Å². The summed E-state index contributed by atoms with van der Waals surface area (Å²) in [4.78, 5) is 29.6. The van der Waals surface area contributed by atoms with Gasteiger partial charge in [0.05, 0.1) is 28.1 Å². The molecule has 0 aliphatic carbocycles. The number of methoxy groups -OCH3 is 1. The number of ether oxygens (including phenoxy) is 1. The largest absolute Gasteiger partial charge is 0.465 e. The normalized spacial score (nSPS) is 10.3. The van der Waals surface area contributed by atoms with Gasteiger partial charge in [-0.2, -0.15) is 0 Å². The summed E-state index contributed by atoms with van der Waals surface area (Å²) in [6.07, 6.45) is 0. The summed E-state index contributed by atoms with van der Waals surface area (Å²) >= 11 is 18.3. The molecule has 27 heavy (non-hydrogen) atoms. The van der Waals surface area contributed by atoms with E-state index in [0.29, 0.717) is 36.4 Å². The van der Waals surface area contributed by atoms with Crippen LogP contribution in [0.15, 0.2) is 38.0 Å². The minimum atomic E-state index is -0.538. The number of H-pyrrole nitrogens is 1. The molecule has 6 nitrogen and oxygen atoms in total. The lowest BCUT2D eigenvalue weighted by Crippen LogP contribution is -2.10. The molecule has 0 fully saturated rings. The maximum atomic E-state index is 11.6. The maximum absolute atomic E-state index is 11.6. The molecule has 142 valence electrons. The quantitative estimate of drug-likeness (QED) is 0.332. The van der Waals surface area contributed by atoms with E-state index in [1.165, 1.54) is 7.11 Å². The Bertz CT molecular complexity index is 1090. The lowest BCUT2D eigenvalue weighted by Gasteiger charge is -2.06. The zero-order valence-electron chi connectivity index (χ0n) is 14.1. The maximum Gasteiger partial charge on any atom is 0.341 e. The minimum Gasteiger partial charge on any atom is -0.465 e. The van der Waals surface area contributed by atoms with Crippen LogP contribution in [0.1, 0.15) is 16.2 Å². The number of carbonyl (C=O) groups is 1. The van der Waals surface area contributed by atoms with E-state index in [2.05, 4.69) is 46.6 Å². The average Bonchev–Trinajstić information content (AvgIpc) is 2.61. The highest BCUT2D eigenvalue weighted by atomic mass is 79.9. The highest BCUT2D eigenvalue weighted by molar-refractivity contribution is 9.10. The van der Waals surface area contributed by atoms with Crippen LogP contribution in [0.2, 0.25) is 10.0 Å². The lowest BCUT2D eigenvalue weighted by molar-refractivity contribution is 0.0602. The van der Waals surface area contributed by atoms with E-state index in [1.54, 1.807) is 31.2 Å². The monoisotopic (exact) mass is 535 g/mol. The number of fused-ring (bicyclic) bond motifs is 1. The Kier molecular flexibility index (Phi) is 7.27. The molecule has 1 aromatic heterocycles. The molecular weight excluding hydrogens is 525 g/mol. The van der Waals surface area contributed by atoms with Crippen molar-refractivity contribution in [1.29, 1.82) is 0 Å². The molecule has 0 atom stereocenters. The first kappa shape index (κ1) is 21.7. The molecule has 1 heterocycles. The van der Waals surface area contributed by atoms with Crippen LogP contribution < -0.4 is 11.3 Å². The van der Waals surface area contributed by atoms with Crippen molar-refractivity contribution < 1.29 is 9.53 Å². The van der Waals surface area contributed by atoms with Crippen molar-refractivity contribution >= 4 is 77.6 Å². The number of anilines is 1. The van der Waals surface area contributed by atoms with Gasteiger partial charge in [-0.05, 0) is 63.0 Å². The molecule has 3 rings (SSSR count). The van der Waals surface area contributed by atoms with E-state index in [9.17, 15) is 9.59 Å². The van der Waals surface area contributed by atoms with Crippen LogP contribution in [0.25, 0.3) is 10.9 Å². The number of nitrogens with two attached hydrogens (primary N) is 1. The molecule has 0 unspecified atom stereocenters. The summed E-state index contributed by atoms with van der Waals surface area (Å²) in [6, 6.07) is 6.79. The molecule has 3 aromatic rings. The molecule has 0 spiro atoms. The van der Waals surface area contributed by atoms with Crippen LogP contribution in [0, 0.1) is 6.92 Å². The predicted molar refractivity (Wildman–Crippen MR) is 115 cm³/mol. The van der Waals surface area contributed by atoms with Gasteiger partial charge in [0, 0.05) is 14.6 Å². The van der Waals surface area contributed by atoms with Gasteiger partial charge < -0.3 is 15.5 Å². The first-order valence-corrected chi connectivity index (χ1v) is 9.68. The predicted octanol–water partition coefficient (Wildman–Crippen LogP) is 5.12. The standard InChI is InChI=1S/C9H6BrClN2O.C8H7BrClNO2/c1-4-12-6-3-2-5(10)8(11)7(6)9(14)13-4;1-13-8(12)6-5(11)3-2-4(9)7(6)10/h2-3H,1H3,(H,12,13,14);2-3H,11H2,1H3. The van der Waals surface area contributed by atoms with Gasteiger partial charge in [0.1, 0.15) is 11.4 Å². The number of esters is 1. The molecule has 0 saturated heterocycles. The van der Waals surface area contributed by atoms with Crippen molar-refractivity contribution in [2.45, 2.75) is 6.92 Å². The fourth-order valence-electron chi connectivity index (χ4n) is 2.16.